The van der Waals surface area contributed by atoms with Crippen LogP contribution in [0, 0.1) is 0 Å². The van der Waals surface area contributed by atoms with Crippen LogP contribution >= 0.6 is 0 Å². The van der Waals surface area contributed by atoms with E-state index in [0.717, 1.165) is 0 Å². The van der Waals surface area contributed by atoms with E-state index in [-0.39, 0.29) is 13.2 Å². The highest BCUT2D eigenvalue weighted by molar-refractivity contribution is 5.70. The molecule has 108 valence electrons. The maximum atomic E-state index is 11.0. The van der Waals surface area contributed by atoms with E-state index >= 15 is 0 Å². The van der Waals surface area contributed by atoms with Crippen LogP contribution in [0.15, 0.2) is 0 Å². The zero-order chi connectivity index (χ0) is 13.5. The number of rotatable bonds is 13. The fourth-order valence-electron chi connectivity index (χ4n) is 0.959. The second kappa shape index (κ2) is 14.3. The first-order chi connectivity index (χ1) is 8.81. The first kappa shape index (κ1) is 17.3. The molecule has 0 unspecified atom stereocenters. The Morgan fingerprint density at radius 3 is 2.11 bits per heavy atom. The van der Waals surface area contributed by atoms with Crippen LogP contribution in [0.3, 0.4) is 0 Å². The Morgan fingerprint density at radius 1 is 0.889 bits per heavy atom. The molecule has 0 saturated carbocycles. The van der Waals surface area contributed by atoms with Crippen LogP contribution in [0.25, 0.3) is 0 Å². The van der Waals surface area contributed by atoms with Gasteiger partial charge in [0.1, 0.15) is 13.2 Å². The molecule has 0 atom stereocenters. The summed E-state index contributed by atoms with van der Waals surface area (Å²) < 4.78 is 24.9. The summed E-state index contributed by atoms with van der Waals surface area (Å²) in [4.78, 5) is 11.0. The van der Waals surface area contributed by atoms with Crippen molar-refractivity contribution < 1.29 is 28.5 Å². The van der Waals surface area contributed by atoms with Crippen molar-refractivity contribution in [3.8, 4) is 0 Å². The molecule has 7 nitrogen and oxygen atoms in total. The summed E-state index contributed by atoms with van der Waals surface area (Å²) in [6.45, 7) is 3.30. The van der Waals surface area contributed by atoms with Crippen molar-refractivity contribution in [2.45, 2.75) is 0 Å². The molecule has 0 aliphatic carbocycles. The molecule has 2 N–H and O–H groups in total. The van der Waals surface area contributed by atoms with E-state index in [1.54, 1.807) is 7.11 Å². The van der Waals surface area contributed by atoms with Crippen molar-refractivity contribution in [1.29, 1.82) is 0 Å². The summed E-state index contributed by atoms with van der Waals surface area (Å²) in [7, 11) is 1.62. The van der Waals surface area contributed by atoms with E-state index in [9.17, 15) is 4.79 Å². The van der Waals surface area contributed by atoms with Crippen molar-refractivity contribution in [3.63, 3.8) is 0 Å². The lowest BCUT2D eigenvalue weighted by atomic mass is 10.6. The lowest BCUT2D eigenvalue weighted by Gasteiger charge is -2.07. The quantitative estimate of drug-likeness (QED) is 0.344. The van der Waals surface area contributed by atoms with Crippen LogP contribution in [-0.4, -0.2) is 72.5 Å². The summed E-state index contributed by atoms with van der Waals surface area (Å²) in [5, 5.41) is 0. The minimum absolute atomic E-state index is 0.0721. The van der Waals surface area contributed by atoms with Crippen LogP contribution in [0.5, 0.6) is 0 Å². The van der Waals surface area contributed by atoms with Crippen LogP contribution < -0.4 is 5.73 Å². The molecule has 0 heterocycles. The zero-order valence-electron chi connectivity index (χ0n) is 10.9. The molecule has 0 aromatic carbocycles. The first-order valence-corrected chi connectivity index (χ1v) is 5.89. The Morgan fingerprint density at radius 2 is 1.50 bits per heavy atom. The van der Waals surface area contributed by atoms with Gasteiger partial charge in [0.2, 0.25) is 0 Å². The van der Waals surface area contributed by atoms with E-state index in [4.69, 9.17) is 29.4 Å². The van der Waals surface area contributed by atoms with Gasteiger partial charge in [0, 0.05) is 13.7 Å². The number of methoxy groups -OCH3 is 1. The minimum atomic E-state index is -0.414. The van der Waals surface area contributed by atoms with Crippen molar-refractivity contribution in [1.82, 2.24) is 0 Å². The summed E-state index contributed by atoms with van der Waals surface area (Å²) in [6.07, 6.45) is 0. The van der Waals surface area contributed by atoms with Gasteiger partial charge in [-0.1, -0.05) is 0 Å². The van der Waals surface area contributed by atoms with Gasteiger partial charge in [-0.05, 0) is 0 Å². The number of ether oxygens (including phenoxy) is 5. The molecule has 0 fully saturated rings. The van der Waals surface area contributed by atoms with Crippen molar-refractivity contribution in [2.75, 3.05) is 66.5 Å². The van der Waals surface area contributed by atoms with Gasteiger partial charge in [-0.15, -0.1) is 0 Å². The second-order valence-corrected chi connectivity index (χ2v) is 3.28. The molecule has 0 radical (unpaired) electrons. The maximum absolute atomic E-state index is 11.0. The second-order valence-electron chi connectivity index (χ2n) is 3.28. The van der Waals surface area contributed by atoms with Gasteiger partial charge < -0.3 is 29.4 Å². The average Bonchev–Trinajstić information content (AvgIpc) is 2.37. The fraction of sp³-hybridized carbons (Fsp3) is 0.909. The third-order valence-electron chi connectivity index (χ3n) is 1.78. The zero-order valence-corrected chi connectivity index (χ0v) is 10.9. The highest BCUT2D eigenvalue weighted by atomic mass is 16.6. The largest absolute Gasteiger partial charge is 0.462 e. The third kappa shape index (κ3) is 13.3. The topological polar surface area (TPSA) is 89.2 Å². The standard InChI is InChI=1S/C11H23NO6/c1-14-4-5-15-6-7-16-8-9-18-11(13)10-17-3-2-12/h2-10,12H2,1H3. The Balaban J connectivity index is 3.08. The lowest BCUT2D eigenvalue weighted by molar-refractivity contribution is -0.150. The normalized spacial score (nSPS) is 10.6. The Labute approximate surface area is 107 Å². The van der Waals surface area contributed by atoms with Crippen LogP contribution in [0.1, 0.15) is 0 Å². The van der Waals surface area contributed by atoms with E-state index in [1.807, 2.05) is 0 Å². The molecule has 0 aliphatic rings. The SMILES string of the molecule is COCCOCCOCCOC(=O)COCCN. The highest BCUT2D eigenvalue weighted by Crippen LogP contribution is 1.84. The van der Waals surface area contributed by atoms with Crippen molar-refractivity contribution >= 4 is 5.97 Å². The van der Waals surface area contributed by atoms with Gasteiger partial charge in [0.25, 0.3) is 0 Å². The number of esters is 1. The molecular formula is C11H23NO6. The highest BCUT2D eigenvalue weighted by Gasteiger charge is 2.01. The number of carbonyl (C=O) groups is 1. The summed E-state index contributed by atoms with van der Waals surface area (Å²) >= 11 is 0. The summed E-state index contributed by atoms with van der Waals surface area (Å²) in [5.41, 5.74) is 5.20. The van der Waals surface area contributed by atoms with Crippen molar-refractivity contribution in [3.05, 3.63) is 0 Å². The summed E-state index contributed by atoms with van der Waals surface area (Å²) in [5.74, 6) is -0.414. The smallest absolute Gasteiger partial charge is 0.332 e. The predicted molar refractivity (Wildman–Crippen MR) is 64.3 cm³/mol. The minimum Gasteiger partial charge on any atom is -0.462 e. The predicted octanol–water partition coefficient (Wildman–Crippen LogP) is -0.815. The molecule has 0 saturated heterocycles. The first-order valence-electron chi connectivity index (χ1n) is 5.89. The molecule has 0 spiro atoms. The Bertz CT molecular complexity index is 190. The van der Waals surface area contributed by atoms with Gasteiger partial charge >= 0.3 is 5.97 Å². The van der Waals surface area contributed by atoms with Gasteiger partial charge in [0.05, 0.1) is 39.6 Å². The summed E-state index contributed by atoms with van der Waals surface area (Å²) in [6, 6.07) is 0. The van der Waals surface area contributed by atoms with Gasteiger partial charge in [-0.3, -0.25) is 0 Å². The number of carbonyl (C=O) groups excluding carboxylic acids is 1. The fourth-order valence-corrected chi connectivity index (χ4v) is 0.959. The molecule has 0 aromatic heterocycles. The lowest BCUT2D eigenvalue weighted by Crippen LogP contribution is -2.19. The number of nitrogens with two attached hydrogens (primary N) is 1. The molecule has 0 aliphatic heterocycles. The van der Waals surface area contributed by atoms with Gasteiger partial charge in [-0.2, -0.15) is 0 Å². The molecule has 0 bridgehead atoms. The van der Waals surface area contributed by atoms with Crippen molar-refractivity contribution in [2.24, 2.45) is 5.73 Å². The third-order valence-corrected chi connectivity index (χ3v) is 1.78. The van der Waals surface area contributed by atoms with Crippen LogP contribution in [0.2, 0.25) is 0 Å². The van der Waals surface area contributed by atoms with Crippen LogP contribution in [-0.2, 0) is 28.5 Å². The molecule has 0 amide bonds. The van der Waals surface area contributed by atoms with Gasteiger partial charge in [0.15, 0.2) is 0 Å². The number of hydrogen-bond acceptors (Lipinski definition) is 7. The molecule has 7 heteroatoms. The maximum Gasteiger partial charge on any atom is 0.332 e. The average molecular weight is 265 g/mol. The molecule has 0 aromatic rings. The van der Waals surface area contributed by atoms with Crippen LogP contribution in [0.4, 0.5) is 0 Å². The van der Waals surface area contributed by atoms with E-state index in [2.05, 4.69) is 0 Å². The van der Waals surface area contributed by atoms with E-state index in [1.165, 1.54) is 0 Å². The molecular weight excluding hydrogens is 242 g/mol. The molecule has 18 heavy (non-hydrogen) atoms. The Kier molecular flexibility index (Phi) is 13.8. The van der Waals surface area contributed by atoms with E-state index in [0.29, 0.717) is 46.2 Å². The van der Waals surface area contributed by atoms with Gasteiger partial charge in [-0.25, -0.2) is 4.79 Å². The number of hydrogen-bond donors (Lipinski definition) is 1. The monoisotopic (exact) mass is 265 g/mol. The molecule has 0 rings (SSSR count). The van der Waals surface area contributed by atoms with E-state index < -0.39 is 5.97 Å². The Hall–Kier alpha value is -0.730.